The van der Waals surface area contributed by atoms with Gasteiger partial charge in [-0.1, -0.05) is 56.3 Å². The number of hydrogen-bond acceptors (Lipinski definition) is 2. The molecule has 1 aliphatic heterocycles. The van der Waals surface area contributed by atoms with Crippen molar-refractivity contribution in [2.45, 2.75) is 52.1 Å². The molecular formula is C21H27FN2. The van der Waals surface area contributed by atoms with Crippen LogP contribution in [-0.2, 0) is 0 Å². The molecule has 2 N–H and O–H groups in total. The van der Waals surface area contributed by atoms with E-state index < -0.39 is 0 Å². The third-order valence-electron chi connectivity index (χ3n) is 5.39. The minimum atomic E-state index is -0.229. The second-order valence-electron chi connectivity index (χ2n) is 7.21. The summed E-state index contributed by atoms with van der Waals surface area (Å²) in [6.07, 6.45) is 8.75. The zero-order valence-electron chi connectivity index (χ0n) is 14.8. The predicted octanol–water partition coefficient (Wildman–Crippen LogP) is 4.92. The average molecular weight is 326 g/mol. The second kappa shape index (κ2) is 6.84. The number of halogens is 1. The third kappa shape index (κ3) is 3.40. The maximum atomic E-state index is 14.8. The van der Waals surface area contributed by atoms with Crippen LogP contribution in [0.5, 0.6) is 0 Å². The van der Waals surface area contributed by atoms with Gasteiger partial charge in [-0.25, -0.2) is 4.39 Å². The number of rotatable bonds is 5. The van der Waals surface area contributed by atoms with Gasteiger partial charge in [0.2, 0.25) is 0 Å². The van der Waals surface area contributed by atoms with E-state index >= 15 is 0 Å². The van der Waals surface area contributed by atoms with E-state index in [1.54, 1.807) is 0 Å². The molecule has 0 aromatic heterocycles. The van der Waals surface area contributed by atoms with Crippen molar-refractivity contribution in [1.82, 2.24) is 10.6 Å². The summed E-state index contributed by atoms with van der Waals surface area (Å²) in [6.45, 7) is 6.46. The van der Waals surface area contributed by atoms with Crippen LogP contribution >= 0.6 is 0 Å². The molecule has 24 heavy (non-hydrogen) atoms. The highest BCUT2D eigenvalue weighted by Crippen LogP contribution is 2.40. The largest absolute Gasteiger partial charge is 0.386 e. The summed E-state index contributed by atoms with van der Waals surface area (Å²) >= 11 is 0. The molecule has 0 saturated heterocycles. The molecule has 0 bridgehead atoms. The minimum Gasteiger partial charge on any atom is -0.386 e. The Bertz CT molecular complexity index is 674. The van der Waals surface area contributed by atoms with Gasteiger partial charge in [-0.3, -0.25) is 0 Å². The molecule has 0 amide bonds. The first-order valence-electron chi connectivity index (χ1n) is 8.87. The second-order valence-corrected chi connectivity index (χ2v) is 7.21. The molecule has 0 spiro atoms. The Labute approximate surface area is 144 Å². The zero-order chi connectivity index (χ0) is 17.2. The Morgan fingerprint density at radius 1 is 1.33 bits per heavy atom. The molecule has 1 aliphatic carbocycles. The van der Waals surface area contributed by atoms with Crippen LogP contribution in [0.25, 0.3) is 5.57 Å². The van der Waals surface area contributed by atoms with Gasteiger partial charge in [-0.2, -0.15) is 0 Å². The number of hydrogen-bond donors (Lipinski definition) is 2. The number of nitrogens with one attached hydrogen (secondary N) is 2. The van der Waals surface area contributed by atoms with E-state index in [-0.39, 0.29) is 17.3 Å². The standard InChI is InChI=1S/C21H27FN2/c1-4-17-12-18(14-23-17)24-15(2)21(3)11-10-19(20(22)13-21)16-8-6-5-7-9-16/h5-11,14-15,17,23-24H,4,12-13H2,1-3H3/t15?,17-,21?/m0/s1. The quantitative estimate of drug-likeness (QED) is 0.802. The van der Waals surface area contributed by atoms with E-state index in [4.69, 9.17) is 0 Å². The van der Waals surface area contributed by atoms with Crippen LogP contribution in [0.4, 0.5) is 4.39 Å². The maximum absolute atomic E-state index is 14.8. The van der Waals surface area contributed by atoms with Crippen molar-refractivity contribution < 1.29 is 4.39 Å². The van der Waals surface area contributed by atoms with Gasteiger partial charge in [0.25, 0.3) is 0 Å². The van der Waals surface area contributed by atoms with Gasteiger partial charge < -0.3 is 10.6 Å². The minimum absolute atomic E-state index is 0.0233. The Morgan fingerprint density at radius 2 is 2.08 bits per heavy atom. The van der Waals surface area contributed by atoms with E-state index in [0.29, 0.717) is 18.0 Å². The normalized spacial score (nSPS) is 27.7. The first kappa shape index (κ1) is 16.8. The van der Waals surface area contributed by atoms with Crippen molar-refractivity contribution in [3.8, 4) is 0 Å². The topological polar surface area (TPSA) is 24.1 Å². The first-order valence-corrected chi connectivity index (χ1v) is 8.87. The van der Waals surface area contributed by atoms with Crippen molar-refractivity contribution in [2.75, 3.05) is 0 Å². The maximum Gasteiger partial charge on any atom is 0.109 e. The molecule has 128 valence electrons. The lowest BCUT2D eigenvalue weighted by atomic mass is 9.75. The van der Waals surface area contributed by atoms with Crippen LogP contribution in [0.2, 0.25) is 0 Å². The molecule has 1 aromatic rings. The van der Waals surface area contributed by atoms with Crippen LogP contribution in [0.3, 0.4) is 0 Å². The van der Waals surface area contributed by atoms with Crippen molar-refractivity contribution in [2.24, 2.45) is 5.41 Å². The lowest BCUT2D eigenvalue weighted by molar-refractivity contribution is 0.289. The molecule has 0 radical (unpaired) electrons. The predicted molar refractivity (Wildman–Crippen MR) is 98.8 cm³/mol. The summed E-state index contributed by atoms with van der Waals surface area (Å²) in [4.78, 5) is 0. The summed E-state index contributed by atoms with van der Waals surface area (Å²) in [5.74, 6) is -0.0233. The van der Waals surface area contributed by atoms with Crippen LogP contribution in [0.15, 0.2) is 60.2 Å². The van der Waals surface area contributed by atoms with Crippen molar-refractivity contribution in [3.05, 3.63) is 65.8 Å². The summed E-state index contributed by atoms with van der Waals surface area (Å²) in [5, 5.41) is 6.98. The fourth-order valence-corrected chi connectivity index (χ4v) is 3.43. The van der Waals surface area contributed by atoms with Gasteiger partial charge in [-0.15, -0.1) is 0 Å². The Kier molecular flexibility index (Phi) is 4.79. The molecule has 3 heteroatoms. The molecule has 3 rings (SSSR count). The highest BCUT2D eigenvalue weighted by Gasteiger charge is 2.34. The Balaban J connectivity index is 1.70. The van der Waals surface area contributed by atoms with Crippen molar-refractivity contribution >= 4 is 5.57 Å². The summed E-state index contributed by atoms with van der Waals surface area (Å²) in [7, 11) is 0. The smallest absolute Gasteiger partial charge is 0.109 e. The Morgan fingerprint density at radius 3 is 2.71 bits per heavy atom. The fraction of sp³-hybridized carbons (Fsp3) is 0.429. The van der Waals surface area contributed by atoms with Crippen LogP contribution in [-0.4, -0.2) is 12.1 Å². The molecule has 2 nitrogen and oxygen atoms in total. The zero-order valence-corrected chi connectivity index (χ0v) is 14.8. The monoisotopic (exact) mass is 326 g/mol. The first-order chi connectivity index (χ1) is 11.5. The van der Waals surface area contributed by atoms with Gasteiger partial charge in [0.05, 0.1) is 0 Å². The highest BCUT2D eigenvalue weighted by atomic mass is 19.1. The van der Waals surface area contributed by atoms with Crippen LogP contribution in [0, 0.1) is 5.41 Å². The fourth-order valence-electron chi connectivity index (χ4n) is 3.43. The summed E-state index contributed by atoms with van der Waals surface area (Å²) < 4.78 is 14.8. The molecule has 0 fully saturated rings. The molecule has 2 unspecified atom stereocenters. The van der Waals surface area contributed by atoms with E-state index in [2.05, 4.69) is 43.7 Å². The molecular weight excluding hydrogens is 299 g/mol. The van der Waals surface area contributed by atoms with E-state index in [9.17, 15) is 4.39 Å². The van der Waals surface area contributed by atoms with E-state index in [1.807, 2.05) is 36.4 Å². The van der Waals surface area contributed by atoms with Gasteiger partial charge in [0, 0.05) is 47.8 Å². The van der Waals surface area contributed by atoms with Crippen molar-refractivity contribution in [1.29, 1.82) is 0 Å². The molecule has 1 heterocycles. The lowest BCUT2D eigenvalue weighted by Gasteiger charge is -2.36. The van der Waals surface area contributed by atoms with Crippen LogP contribution in [0.1, 0.15) is 45.6 Å². The van der Waals surface area contributed by atoms with Gasteiger partial charge in [0.1, 0.15) is 5.83 Å². The molecule has 3 atom stereocenters. The summed E-state index contributed by atoms with van der Waals surface area (Å²) in [5.41, 5.74) is 2.66. The van der Waals surface area contributed by atoms with Gasteiger partial charge in [0.15, 0.2) is 0 Å². The Hall–Kier alpha value is -2.03. The highest BCUT2D eigenvalue weighted by molar-refractivity contribution is 5.76. The molecule has 1 aromatic carbocycles. The molecule has 0 saturated carbocycles. The van der Waals surface area contributed by atoms with Gasteiger partial charge in [-0.05, 0) is 18.9 Å². The number of allylic oxidation sites excluding steroid dienone is 3. The third-order valence-corrected chi connectivity index (χ3v) is 5.39. The summed E-state index contributed by atoms with van der Waals surface area (Å²) in [6, 6.07) is 10.5. The van der Waals surface area contributed by atoms with Crippen LogP contribution < -0.4 is 10.6 Å². The van der Waals surface area contributed by atoms with E-state index in [1.165, 1.54) is 5.70 Å². The lowest BCUT2D eigenvalue weighted by Crippen LogP contribution is -2.40. The number of benzene rings is 1. The molecule has 2 aliphatic rings. The van der Waals surface area contributed by atoms with E-state index in [0.717, 1.165) is 18.4 Å². The average Bonchev–Trinajstić information content (AvgIpc) is 3.03. The van der Waals surface area contributed by atoms with Crippen molar-refractivity contribution in [3.63, 3.8) is 0 Å². The SMILES string of the molecule is CC[C@H]1CC(NC(C)C2(C)C=CC(c3ccccc3)=C(F)C2)=CN1. The van der Waals surface area contributed by atoms with Gasteiger partial charge >= 0.3 is 0 Å².